The molecule has 0 atom stereocenters. The van der Waals surface area contributed by atoms with Crippen LogP contribution in [0.3, 0.4) is 0 Å². The van der Waals surface area contributed by atoms with E-state index in [-0.39, 0.29) is 24.9 Å². The summed E-state index contributed by atoms with van der Waals surface area (Å²) in [5.41, 5.74) is -0.584. The van der Waals surface area contributed by atoms with Crippen LogP contribution in [0.15, 0.2) is 0 Å². The van der Waals surface area contributed by atoms with E-state index in [1.165, 1.54) is 0 Å². The molecule has 0 saturated carbocycles. The average molecular weight is 373 g/mol. The first kappa shape index (κ1) is 24.2. The molecule has 0 heterocycles. The number of hydrogen-bond donors (Lipinski definition) is 0. The molecule has 0 saturated heterocycles. The summed E-state index contributed by atoms with van der Waals surface area (Å²) >= 11 is 0. The van der Waals surface area contributed by atoms with Gasteiger partial charge in [-0.05, 0) is 47.5 Å². The molecule has 0 aliphatic rings. The Morgan fingerprint density at radius 1 is 0.769 bits per heavy atom. The van der Waals surface area contributed by atoms with Crippen molar-refractivity contribution in [3.63, 3.8) is 0 Å². The van der Waals surface area contributed by atoms with E-state index < -0.39 is 11.7 Å². The maximum atomic E-state index is 12.3. The van der Waals surface area contributed by atoms with E-state index in [1.54, 1.807) is 18.7 Å². The number of hydrogen-bond acceptors (Lipinski definition) is 6. The zero-order valence-electron chi connectivity index (χ0n) is 17.0. The van der Waals surface area contributed by atoms with Gasteiger partial charge in [-0.3, -0.25) is 9.59 Å². The lowest BCUT2D eigenvalue weighted by molar-refractivity contribution is -0.144. The lowest BCUT2D eigenvalue weighted by Gasteiger charge is -2.27. The van der Waals surface area contributed by atoms with Crippen LogP contribution in [0.2, 0.25) is 0 Å². The fourth-order valence-corrected chi connectivity index (χ4v) is 2.24. The molecule has 0 aromatic rings. The first-order valence-corrected chi connectivity index (χ1v) is 9.48. The molecule has 152 valence electrons. The van der Waals surface area contributed by atoms with E-state index in [9.17, 15) is 14.4 Å². The first-order valence-electron chi connectivity index (χ1n) is 9.48. The zero-order chi connectivity index (χ0) is 20.0. The Morgan fingerprint density at radius 3 is 1.85 bits per heavy atom. The second-order valence-corrected chi connectivity index (χ2v) is 6.99. The highest BCUT2D eigenvalue weighted by Gasteiger charge is 2.22. The van der Waals surface area contributed by atoms with Crippen LogP contribution in [0.1, 0.15) is 73.1 Å². The first-order chi connectivity index (χ1) is 12.2. The molecule has 0 bridgehead atoms. The topological polar surface area (TPSA) is 82.1 Å². The van der Waals surface area contributed by atoms with Crippen LogP contribution in [-0.4, -0.2) is 54.8 Å². The van der Waals surface area contributed by atoms with Gasteiger partial charge in [0.1, 0.15) is 5.60 Å². The lowest BCUT2D eigenvalue weighted by Crippen LogP contribution is -2.38. The number of rotatable bonds is 12. The highest BCUT2D eigenvalue weighted by Crippen LogP contribution is 2.12. The summed E-state index contributed by atoms with van der Waals surface area (Å²) in [6.45, 7) is 10.5. The minimum absolute atomic E-state index is 0.149. The molecule has 0 N–H and O–H groups in total. The monoisotopic (exact) mass is 373 g/mol. The third-order valence-corrected chi connectivity index (χ3v) is 3.41. The SMILES string of the molecule is CCOC(=O)CCCCCCN(CCC(=O)OCC)C(=O)OC(C)(C)C. The molecule has 0 unspecified atom stereocenters. The van der Waals surface area contributed by atoms with E-state index in [0.29, 0.717) is 26.2 Å². The Hall–Kier alpha value is -1.79. The summed E-state index contributed by atoms with van der Waals surface area (Å²) in [5.74, 6) is -0.493. The summed E-state index contributed by atoms with van der Waals surface area (Å²) in [6.07, 6.45) is 3.48. The highest BCUT2D eigenvalue weighted by molar-refractivity contribution is 5.72. The van der Waals surface area contributed by atoms with Crippen LogP contribution in [-0.2, 0) is 23.8 Å². The van der Waals surface area contributed by atoms with Gasteiger partial charge < -0.3 is 19.1 Å². The quantitative estimate of drug-likeness (QED) is 0.295. The molecular weight excluding hydrogens is 338 g/mol. The highest BCUT2D eigenvalue weighted by atomic mass is 16.6. The van der Waals surface area contributed by atoms with E-state index in [2.05, 4.69) is 0 Å². The molecule has 0 aliphatic heterocycles. The number of amides is 1. The number of carbonyl (C=O) groups is 3. The van der Waals surface area contributed by atoms with Crippen molar-refractivity contribution in [2.45, 2.75) is 78.7 Å². The van der Waals surface area contributed by atoms with Crippen molar-refractivity contribution in [1.82, 2.24) is 4.90 Å². The van der Waals surface area contributed by atoms with Gasteiger partial charge in [-0.15, -0.1) is 0 Å². The third-order valence-electron chi connectivity index (χ3n) is 3.41. The van der Waals surface area contributed by atoms with Crippen LogP contribution in [0, 0.1) is 0 Å². The smallest absolute Gasteiger partial charge is 0.410 e. The van der Waals surface area contributed by atoms with E-state index in [1.807, 2.05) is 20.8 Å². The Bertz CT molecular complexity index is 430. The largest absolute Gasteiger partial charge is 0.466 e. The molecule has 1 amide bonds. The predicted molar refractivity (Wildman–Crippen MR) is 98.8 cm³/mol. The van der Waals surface area contributed by atoms with E-state index in [0.717, 1.165) is 25.7 Å². The van der Waals surface area contributed by atoms with Gasteiger partial charge >= 0.3 is 18.0 Å². The Morgan fingerprint density at radius 2 is 1.31 bits per heavy atom. The fraction of sp³-hybridized carbons (Fsp3) is 0.842. The molecule has 0 rings (SSSR count). The van der Waals surface area contributed by atoms with Crippen LogP contribution in [0.25, 0.3) is 0 Å². The number of carbonyl (C=O) groups excluding carboxylic acids is 3. The van der Waals surface area contributed by atoms with Gasteiger partial charge in [0, 0.05) is 19.5 Å². The minimum atomic E-state index is -0.584. The standard InChI is InChI=1S/C19H35NO6/c1-6-24-16(21)12-10-8-9-11-14-20(15-13-17(22)25-7-2)18(23)26-19(3,4)5/h6-15H2,1-5H3. The molecule has 0 aromatic heterocycles. The van der Waals surface area contributed by atoms with Gasteiger partial charge in [-0.25, -0.2) is 4.79 Å². The van der Waals surface area contributed by atoms with E-state index in [4.69, 9.17) is 14.2 Å². The van der Waals surface area contributed by atoms with Crippen LogP contribution < -0.4 is 0 Å². The van der Waals surface area contributed by atoms with Gasteiger partial charge in [0.25, 0.3) is 0 Å². The van der Waals surface area contributed by atoms with Crippen molar-refractivity contribution >= 4 is 18.0 Å². The summed E-state index contributed by atoms with van der Waals surface area (Å²) in [7, 11) is 0. The van der Waals surface area contributed by atoms with Gasteiger partial charge in [-0.1, -0.05) is 12.8 Å². The molecule has 0 aromatic carbocycles. The maximum Gasteiger partial charge on any atom is 0.410 e. The number of nitrogens with zero attached hydrogens (tertiary/aromatic N) is 1. The minimum Gasteiger partial charge on any atom is -0.466 e. The van der Waals surface area contributed by atoms with Crippen LogP contribution in [0.4, 0.5) is 4.79 Å². The molecule has 0 radical (unpaired) electrons. The molecule has 26 heavy (non-hydrogen) atoms. The molecule has 0 aliphatic carbocycles. The molecule has 0 spiro atoms. The summed E-state index contributed by atoms with van der Waals surface area (Å²) in [4.78, 5) is 36.7. The van der Waals surface area contributed by atoms with Gasteiger partial charge in [0.05, 0.1) is 19.6 Å². The predicted octanol–water partition coefficient (Wildman–Crippen LogP) is 3.69. The third kappa shape index (κ3) is 13.5. The van der Waals surface area contributed by atoms with Crippen molar-refractivity contribution in [2.75, 3.05) is 26.3 Å². The number of unbranched alkanes of at least 4 members (excludes halogenated alkanes) is 3. The van der Waals surface area contributed by atoms with Crippen LogP contribution >= 0.6 is 0 Å². The van der Waals surface area contributed by atoms with Crippen LogP contribution in [0.5, 0.6) is 0 Å². The van der Waals surface area contributed by atoms with Crippen molar-refractivity contribution in [3.05, 3.63) is 0 Å². The number of ether oxygens (including phenoxy) is 3. The maximum absolute atomic E-state index is 12.3. The van der Waals surface area contributed by atoms with Gasteiger partial charge in [0.2, 0.25) is 0 Å². The molecular formula is C19H35NO6. The van der Waals surface area contributed by atoms with Crippen molar-refractivity contribution in [2.24, 2.45) is 0 Å². The normalized spacial score (nSPS) is 11.0. The zero-order valence-corrected chi connectivity index (χ0v) is 17.0. The van der Waals surface area contributed by atoms with Gasteiger partial charge in [0.15, 0.2) is 0 Å². The summed E-state index contributed by atoms with van der Waals surface area (Å²) < 4.78 is 15.2. The summed E-state index contributed by atoms with van der Waals surface area (Å²) in [6, 6.07) is 0. The Kier molecular flexibility index (Phi) is 12.5. The Balaban J connectivity index is 4.28. The Labute approximate surface area is 157 Å². The molecule has 7 heteroatoms. The number of esters is 2. The van der Waals surface area contributed by atoms with Crippen molar-refractivity contribution in [1.29, 1.82) is 0 Å². The average Bonchev–Trinajstić information content (AvgIpc) is 2.52. The molecule has 0 fully saturated rings. The molecule has 7 nitrogen and oxygen atoms in total. The van der Waals surface area contributed by atoms with Crippen molar-refractivity contribution in [3.8, 4) is 0 Å². The fourth-order valence-electron chi connectivity index (χ4n) is 2.24. The van der Waals surface area contributed by atoms with Crippen molar-refractivity contribution < 1.29 is 28.6 Å². The summed E-state index contributed by atoms with van der Waals surface area (Å²) in [5, 5.41) is 0. The second-order valence-electron chi connectivity index (χ2n) is 6.99. The van der Waals surface area contributed by atoms with Gasteiger partial charge in [-0.2, -0.15) is 0 Å². The lowest BCUT2D eigenvalue weighted by atomic mass is 10.1. The second kappa shape index (κ2) is 13.4. The van der Waals surface area contributed by atoms with E-state index >= 15 is 0 Å².